The molecule has 0 saturated carbocycles. The minimum atomic E-state index is 0.281. The van der Waals surface area contributed by atoms with Crippen LogP contribution in [0.4, 0.5) is 5.82 Å². The van der Waals surface area contributed by atoms with Crippen molar-refractivity contribution in [2.75, 3.05) is 12.1 Å². The van der Waals surface area contributed by atoms with Gasteiger partial charge in [-0.25, -0.2) is 9.97 Å². The Morgan fingerprint density at radius 3 is 2.91 bits per heavy atom. The summed E-state index contributed by atoms with van der Waals surface area (Å²) in [5, 5.41) is 4.92. The normalized spacial score (nSPS) is 12.6. The molecule has 6 heteroatoms. The molecule has 2 aromatic carbocycles. The molecule has 1 aliphatic rings. The lowest BCUT2D eigenvalue weighted by molar-refractivity contribution is 0.174. The van der Waals surface area contributed by atoms with Crippen LogP contribution in [0.15, 0.2) is 42.7 Å². The third-order valence-electron chi connectivity index (χ3n) is 3.50. The highest BCUT2D eigenvalue weighted by Crippen LogP contribution is 2.32. The first-order valence-corrected chi connectivity index (χ1v) is 7.20. The van der Waals surface area contributed by atoms with E-state index in [1.807, 2.05) is 36.4 Å². The van der Waals surface area contributed by atoms with E-state index in [9.17, 15) is 0 Å². The van der Waals surface area contributed by atoms with Crippen molar-refractivity contribution in [1.82, 2.24) is 9.97 Å². The quantitative estimate of drug-likeness (QED) is 0.800. The van der Waals surface area contributed by atoms with Gasteiger partial charge >= 0.3 is 0 Å². The number of hydrogen-bond acceptors (Lipinski definition) is 5. The molecular weight excluding hydrogens is 302 g/mol. The minimum Gasteiger partial charge on any atom is -0.454 e. The summed E-state index contributed by atoms with van der Waals surface area (Å²) in [7, 11) is 0. The maximum atomic E-state index is 5.99. The molecule has 0 spiro atoms. The summed E-state index contributed by atoms with van der Waals surface area (Å²) in [5.41, 5.74) is 1.90. The number of halogens is 1. The maximum absolute atomic E-state index is 5.99. The van der Waals surface area contributed by atoms with Crippen molar-refractivity contribution in [2.45, 2.75) is 6.54 Å². The summed E-state index contributed by atoms with van der Waals surface area (Å²) in [4.78, 5) is 8.54. The average Bonchev–Trinajstić information content (AvgIpc) is 3.00. The topological polar surface area (TPSA) is 56.3 Å². The van der Waals surface area contributed by atoms with Crippen LogP contribution in [0.5, 0.6) is 11.5 Å². The monoisotopic (exact) mass is 313 g/mol. The van der Waals surface area contributed by atoms with E-state index < -0.39 is 0 Å². The molecule has 0 fully saturated rings. The van der Waals surface area contributed by atoms with Crippen molar-refractivity contribution in [3.63, 3.8) is 0 Å². The van der Waals surface area contributed by atoms with Crippen molar-refractivity contribution in [2.24, 2.45) is 0 Å². The van der Waals surface area contributed by atoms with Gasteiger partial charge < -0.3 is 14.8 Å². The highest BCUT2D eigenvalue weighted by Gasteiger charge is 2.13. The van der Waals surface area contributed by atoms with E-state index in [0.717, 1.165) is 33.8 Å². The van der Waals surface area contributed by atoms with Gasteiger partial charge in [-0.3, -0.25) is 0 Å². The summed E-state index contributed by atoms with van der Waals surface area (Å²) < 4.78 is 10.7. The fourth-order valence-electron chi connectivity index (χ4n) is 2.41. The summed E-state index contributed by atoms with van der Waals surface area (Å²) in [6.07, 6.45) is 1.53. The van der Waals surface area contributed by atoms with Gasteiger partial charge in [-0.15, -0.1) is 0 Å². The van der Waals surface area contributed by atoms with Crippen LogP contribution in [0.25, 0.3) is 10.9 Å². The number of nitrogens with one attached hydrogen (secondary N) is 1. The van der Waals surface area contributed by atoms with Gasteiger partial charge in [0.05, 0.1) is 5.52 Å². The fraction of sp³-hybridized carbons (Fsp3) is 0.125. The lowest BCUT2D eigenvalue weighted by atomic mass is 10.2. The van der Waals surface area contributed by atoms with Crippen molar-refractivity contribution in [3.05, 3.63) is 53.3 Å². The number of ether oxygens (including phenoxy) is 2. The first-order chi connectivity index (χ1) is 10.8. The summed E-state index contributed by atoms with van der Waals surface area (Å²) in [6, 6.07) is 11.5. The highest BCUT2D eigenvalue weighted by atomic mass is 35.5. The van der Waals surface area contributed by atoms with Crippen LogP contribution < -0.4 is 14.8 Å². The van der Waals surface area contributed by atoms with Crippen LogP contribution in [-0.4, -0.2) is 16.8 Å². The predicted molar refractivity (Wildman–Crippen MR) is 84.4 cm³/mol. The van der Waals surface area contributed by atoms with Crippen LogP contribution in [-0.2, 0) is 6.54 Å². The highest BCUT2D eigenvalue weighted by molar-refractivity contribution is 6.31. The Bertz CT molecular complexity index is 854. The van der Waals surface area contributed by atoms with Crippen molar-refractivity contribution in [3.8, 4) is 11.5 Å². The Hall–Kier alpha value is -2.53. The number of rotatable bonds is 3. The number of nitrogens with zero attached hydrogens (tertiary/aromatic N) is 2. The SMILES string of the molecule is Clc1ccc2c(NCc3ccc4c(c3)OCO4)ncnc2c1. The van der Waals surface area contributed by atoms with Crippen LogP contribution >= 0.6 is 11.6 Å². The van der Waals surface area contributed by atoms with Crippen molar-refractivity contribution < 1.29 is 9.47 Å². The Morgan fingerprint density at radius 2 is 1.95 bits per heavy atom. The molecule has 0 atom stereocenters. The van der Waals surface area contributed by atoms with Crippen LogP contribution in [0, 0.1) is 0 Å². The van der Waals surface area contributed by atoms with Gasteiger partial charge in [0, 0.05) is 17.0 Å². The van der Waals surface area contributed by atoms with Crippen molar-refractivity contribution in [1.29, 1.82) is 0 Å². The first kappa shape index (κ1) is 13.2. The third kappa shape index (κ3) is 2.40. The van der Waals surface area contributed by atoms with E-state index in [1.165, 1.54) is 6.33 Å². The van der Waals surface area contributed by atoms with Gasteiger partial charge in [0.1, 0.15) is 12.1 Å². The Balaban J connectivity index is 1.59. The van der Waals surface area contributed by atoms with E-state index in [-0.39, 0.29) is 6.79 Å². The standard InChI is InChI=1S/C16H12ClN3O2/c17-11-2-3-12-13(6-11)19-8-20-16(12)18-7-10-1-4-14-15(5-10)22-9-21-14/h1-6,8H,7,9H2,(H,18,19,20). The minimum absolute atomic E-state index is 0.281. The summed E-state index contributed by atoms with van der Waals surface area (Å²) in [6.45, 7) is 0.912. The van der Waals surface area contributed by atoms with E-state index in [1.54, 1.807) is 0 Å². The molecule has 4 rings (SSSR count). The average molecular weight is 314 g/mol. The van der Waals surface area contributed by atoms with Crippen LogP contribution in [0.1, 0.15) is 5.56 Å². The molecule has 1 aromatic heterocycles. The van der Waals surface area contributed by atoms with Gasteiger partial charge in [-0.05, 0) is 35.9 Å². The van der Waals surface area contributed by atoms with E-state index in [2.05, 4.69) is 15.3 Å². The Labute approximate surface area is 131 Å². The molecule has 110 valence electrons. The van der Waals surface area contributed by atoms with Gasteiger partial charge in [-0.1, -0.05) is 17.7 Å². The van der Waals surface area contributed by atoms with Crippen LogP contribution in [0.2, 0.25) is 5.02 Å². The van der Waals surface area contributed by atoms with Gasteiger partial charge in [-0.2, -0.15) is 0 Å². The molecule has 1 aliphatic heterocycles. The second-order valence-electron chi connectivity index (χ2n) is 4.92. The van der Waals surface area contributed by atoms with E-state index >= 15 is 0 Å². The first-order valence-electron chi connectivity index (χ1n) is 6.82. The van der Waals surface area contributed by atoms with Crippen molar-refractivity contribution >= 4 is 28.3 Å². The number of anilines is 1. The molecule has 3 aromatic rings. The summed E-state index contributed by atoms with van der Waals surface area (Å²) in [5.74, 6) is 2.34. The molecule has 0 aliphatic carbocycles. The molecule has 22 heavy (non-hydrogen) atoms. The van der Waals surface area contributed by atoms with E-state index in [4.69, 9.17) is 21.1 Å². The molecule has 0 bridgehead atoms. The molecule has 1 N–H and O–H groups in total. The lowest BCUT2D eigenvalue weighted by Crippen LogP contribution is -2.02. The predicted octanol–water partition coefficient (Wildman–Crippen LogP) is 3.62. The molecule has 0 amide bonds. The molecule has 0 saturated heterocycles. The number of hydrogen-bond donors (Lipinski definition) is 1. The second kappa shape index (κ2) is 5.35. The zero-order chi connectivity index (χ0) is 14.9. The number of fused-ring (bicyclic) bond motifs is 2. The largest absolute Gasteiger partial charge is 0.454 e. The third-order valence-corrected chi connectivity index (χ3v) is 3.73. The van der Waals surface area contributed by atoms with Gasteiger partial charge in [0.15, 0.2) is 11.5 Å². The lowest BCUT2D eigenvalue weighted by Gasteiger charge is -2.09. The molecule has 2 heterocycles. The van der Waals surface area contributed by atoms with Crippen LogP contribution in [0.3, 0.4) is 0 Å². The number of aromatic nitrogens is 2. The van der Waals surface area contributed by atoms with Gasteiger partial charge in [0.25, 0.3) is 0 Å². The fourth-order valence-corrected chi connectivity index (χ4v) is 2.57. The zero-order valence-electron chi connectivity index (χ0n) is 11.5. The van der Waals surface area contributed by atoms with Gasteiger partial charge in [0.2, 0.25) is 6.79 Å². The zero-order valence-corrected chi connectivity index (χ0v) is 12.3. The number of benzene rings is 2. The van der Waals surface area contributed by atoms with E-state index in [0.29, 0.717) is 11.6 Å². The summed E-state index contributed by atoms with van der Waals surface area (Å²) >= 11 is 5.99. The Kier molecular flexibility index (Phi) is 3.20. The molecule has 5 nitrogen and oxygen atoms in total. The Morgan fingerprint density at radius 1 is 1.05 bits per heavy atom. The second-order valence-corrected chi connectivity index (χ2v) is 5.36. The molecule has 0 unspecified atom stereocenters. The molecule has 0 radical (unpaired) electrons. The molecular formula is C16H12ClN3O2. The maximum Gasteiger partial charge on any atom is 0.231 e. The smallest absolute Gasteiger partial charge is 0.231 e.